The standard InChI is InChI=1S/C26H27FN4O4/c1-5-7-19-22-23(31(3)30-19)25(32)29-24(28-22)18-14-17(12-13-20(18)35-6-2)21(27)15-8-10-16(11-9-15)26(33)34-4/h8-14,21H,5-7H2,1-4H3,(H,28,29,32). The zero-order valence-corrected chi connectivity index (χ0v) is 20.1. The van der Waals surface area contributed by atoms with Gasteiger partial charge < -0.3 is 14.5 Å². The van der Waals surface area contributed by atoms with E-state index >= 15 is 4.39 Å². The lowest BCUT2D eigenvalue weighted by Gasteiger charge is -2.15. The first-order chi connectivity index (χ1) is 16.9. The molecule has 8 nitrogen and oxygen atoms in total. The zero-order valence-electron chi connectivity index (χ0n) is 20.1. The number of aromatic amines is 1. The predicted octanol–water partition coefficient (Wildman–Crippen LogP) is 4.52. The second kappa shape index (κ2) is 10.1. The van der Waals surface area contributed by atoms with Gasteiger partial charge in [-0.15, -0.1) is 0 Å². The highest BCUT2D eigenvalue weighted by atomic mass is 19.1. The van der Waals surface area contributed by atoms with E-state index in [2.05, 4.69) is 10.1 Å². The topological polar surface area (TPSA) is 99.1 Å². The molecule has 9 heteroatoms. The Morgan fingerprint density at radius 3 is 2.51 bits per heavy atom. The molecule has 0 radical (unpaired) electrons. The fraction of sp³-hybridized carbons (Fsp3) is 0.308. The average molecular weight is 479 g/mol. The summed E-state index contributed by atoms with van der Waals surface area (Å²) in [6.07, 6.45) is 0.0637. The average Bonchev–Trinajstić information content (AvgIpc) is 3.19. The molecule has 0 amide bonds. The van der Waals surface area contributed by atoms with Crippen LogP contribution in [0.5, 0.6) is 5.75 Å². The van der Waals surface area contributed by atoms with Gasteiger partial charge in [-0.1, -0.05) is 31.5 Å². The number of carbonyl (C=O) groups is 1. The Morgan fingerprint density at radius 1 is 1.14 bits per heavy atom. The number of benzene rings is 2. The summed E-state index contributed by atoms with van der Waals surface area (Å²) in [5.41, 5.74) is 2.87. The normalized spacial score (nSPS) is 12.0. The molecular weight excluding hydrogens is 451 g/mol. The lowest BCUT2D eigenvalue weighted by molar-refractivity contribution is 0.0600. The van der Waals surface area contributed by atoms with Crippen LogP contribution in [0.2, 0.25) is 0 Å². The number of aromatic nitrogens is 4. The van der Waals surface area contributed by atoms with E-state index in [0.29, 0.717) is 52.1 Å². The smallest absolute Gasteiger partial charge is 0.337 e. The summed E-state index contributed by atoms with van der Waals surface area (Å²) in [4.78, 5) is 32.1. The number of methoxy groups -OCH3 is 1. The molecule has 182 valence electrons. The Hall–Kier alpha value is -4.01. The number of fused-ring (bicyclic) bond motifs is 1. The molecular formula is C26H27FN4O4. The van der Waals surface area contributed by atoms with Gasteiger partial charge in [0.1, 0.15) is 17.1 Å². The summed E-state index contributed by atoms with van der Waals surface area (Å²) in [5, 5.41) is 4.45. The third-order valence-electron chi connectivity index (χ3n) is 5.73. The largest absolute Gasteiger partial charge is 0.493 e. The van der Waals surface area contributed by atoms with Gasteiger partial charge in [0.25, 0.3) is 5.56 Å². The number of nitrogens with zero attached hydrogens (tertiary/aromatic N) is 3. The molecule has 4 aromatic rings. The van der Waals surface area contributed by atoms with Crippen molar-refractivity contribution >= 4 is 17.0 Å². The van der Waals surface area contributed by atoms with Crippen LogP contribution in [0.1, 0.15) is 53.6 Å². The van der Waals surface area contributed by atoms with Crippen molar-refractivity contribution in [1.82, 2.24) is 19.7 Å². The number of nitrogens with one attached hydrogen (secondary N) is 1. The fourth-order valence-electron chi connectivity index (χ4n) is 4.05. The van der Waals surface area contributed by atoms with Crippen LogP contribution in [-0.4, -0.2) is 39.4 Å². The van der Waals surface area contributed by atoms with Gasteiger partial charge in [0.05, 0.1) is 30.5 Å². The first-order valence-electron chi connectivity index (χ1n) is 11.4. The molecule has 2 aromatic heterocycles. The van der Waals surface area contributed by atoms with Crippen LogP contribution in [0.25, 0.3) is 22.4 Å². The summed E-state index contributed by atoms with van der Waals surface area (Å²) in [7, 11) is 3.01. The Kier molecular flexibility index (Phi) is 6.95. The second-order valence-corrected chi connectivity index (χ2v) is 8.10. The SMILES string of the molecule is CCCc1nn(C)c2c(=O)[nH]c(-c3cc(C(F)c4ccc(C(=O)OC)cc4)ccc3OCC)nc12. The lowest BCUT2D eigenvalue weighted by atomic mass is 9.99. The predicted molar refractivity (Wildman–Crippen MR) is 130 cm³/mol. The quantitative estimate of drug-likeness (QED) is 0.374. The molecule has 0 aliphatic carbocycles. The molecule has 1 atom stereocenters. The van der Waals surface area contributed by atoms with Crippen LogP contribution < -0.4 is 10.3 Å². The van der Waals surface area contributed by atoms with Gasteiger partial charge in [0.2, 0.25) is 0 Å². The number of carbonyl (C=O) groups excluding carboxylic acids is 1. The van der Waals surface area contributed by atoms with Crippen LogP contribution in [0.15, 0.2) is 47.3 Å². The number of alkyl halides is 1. The number of H-pyrrole nitrogens is 1. The van der Waals surface area contributed by atoms with E-state index in [-0.39, 0.29) is 11.4 Å². The molecule has 0 saturated carbocycles. The number of rotatable bonds is 8. The van der Waals surface area contributed by atoms with E-state index in [1.807, 2.05) is 13.8 Å². The van der Waals surface area contributed by atoms with Gasteiger partial charge in [-0.2, -0.15) is 5.10 Å². The minimum atomic E-state index is -1.47. The Morgan fingerprint density at radius 2 is 1.86 bits per heavy atom. The van der Waals surface area contributed by atoms with Gasteiger partial charge in [-0.05, 0) is 48.7 Å². The highest BCUT2D eigenvalue weighted by molar-refractivity contribution is 5.89. The summed E-state index contributed by atoms with van der Waals surface area (Å²) in [5.74, 6) is 0.276. The van der Waals surface area contributed by atoms with Crippen molar-refractivity contribution in [2.45, 2.75) is 32.9 Å². The van der Waals surface area contributed by atoms with Crippen molar-refractivity contribution in [3.8, 4) is 17.1 Å². The maximum absolute atomic E-state index is 15.5. The number of esters is 1. The minimum Gasteiger partial charge on any atom is -0.493 e. The summed E-state index contributed by atoms with van der Waals surface area (Å²) >= 11 is 0. The van der Waals surface area contributed by atoms with Crippen molar-refractivity contribution in [1.29, 1.82) is 0 Å². The Balaban J connectivity index is 1.80. The molecule has 0 saturated heterocycles. The van der Waals surface area contributed by atoms with E-state index in [1.165, 1.54) is 23.9 Å². The second-order valence-electron chi connectivity index (χ2n) is 8.10. The fourth-order valence-corrected chi connectivity index (χ4v) is 4.05. The minimum absolute atomic E-state index is 0.284. The number of hydrogen-bond acceptors (Lipinski definition) is 6. The van der Waals surface area contributed by atoms with Crippen LogP contribution in [0, 0.1) is 0 Å². The van der Waals surface area contributed by atoms with Crippen LogP contribution in [0.3, 0.4) is 0 Å². The number of hydrogen-bond donors (Lipinski definition) is 1. The Bertz CT molecular complexity index is 1430. The number of ether oxygens (including phenoxy) is 2. The van der Waals surface area contributed by atoms with Gasteiger partial charge in [-0.25, -0.2) is 14.2 Å². The maximum Gasteiger partial charge on any atom is 0.337 e. The van der Waals surface area contributed by atoms with E-state index in [1.54, 1.807) is 37.4 Å². The molecule has 0 bridgehead atoms. The third-order valence-corrected chi connectivity index (χ3v) is 5.73. The van der Waals surface area contributed by atoms with E-state index in [4.69, 9.17) is 14.5 Å². The molecule has 0 aliphatic heterocycles. The van der Waals surface area contributed by atoms with Gasteiger partial charge in [0.15, 0.2) is 11.7 Å². The highest BCUT2D eigenvalue weighted by Crippen LogP contribution is 2.35. The summed E-state index contributed by atoms with van der Waals surface area (Å²) < 4.78 is 27.5. The van der Waals surface area contributed by atoms with E-state index in [9.17, 15) is 9.59 Å². The first-order valence-corrected chi connectivity index (χ1v) is 11.4. The summed E-state index contributed by atoms with van der Waals surface area (Å²) in [6, 6.07) is 11.1. The monoisotopic (exact) mass is 478 g/mol. The van der Waals surface area contributed by atoms with E-state index < -0.39 is 12.1 Å². The van der Waals surface area contributed by atoms with Crippen molar-refractivity contribution in [3.63, 3.8) is 0 Å². The maximum atomic E-state index is 15.5. The molecule has 2 aromatic carbocycles. The van der Waals surface area contributed by atoms with Gasteiger partial charge >= 0.3 is 5.97 Å². The first kappa shape index (κ1) is 24.1. The van der Waals surface area contributed by atoms with Crippen molar-refractivity contribution in [2.24, 2.45) is 7.05 Å². The molecule has 4 rings (SSSR count). The third kappa shape index (κ3) is 4.66. The molecule has 35 heavy (non-hydrogen) atoms. The van der Waals surface area contributed by atoms with Crippen LogP contribution in [-0.2, 0) is 18.2 Å². The molecule has 0 aliphatic rings. The summed E-state index contributed by atoms with van der Waals surface area (Å²) in [6.45, 7) is 4.27. The Labute approximate surface area is 201 Å². The van der Waals surface area contributed by atoms with Crippen LogP contribution in [0.4, 0.5) is 4.39 Å². The highest BCUT2D eigenvalue weighted by Gasteiger charge is 2.20. The molecule has 2 heterocycles. The van der Waals surface area contributed by atoms with Crippen LogP contribution >= 0.6 is 0 Å². The molecule has 0 fully saturated rings. The van der Waals surface area contributed by atoms with Crippen molar-refractivity contribution < 1.29 is 18.7 Å². The number of halogens is 1. The van der Waals surface area contributed by atoms with Gasteiger partial charge in [0, 0.05) is 7.05 Å². The van der Waals surface area contributed by atoms with E-state index in [0.717, 1.165) is 12.1 Å². The zero-order chi connectivity index (χ0) is 25.1. The molecule has 1 N–H and O–H groups in total. The lowest BCUT2D eigenvalue weighted by Crippen LogP contribution is -2.13. The molecule has 1 unspecified atom stereocenters. The van der Waals surface area contributed by atoms with Gasteiger partial charge in [-0.3, -0.25) is 9.48 Å². The van der Waals surface area contributed by atoms with Crippen molar-refractivity contribution in [2.75, 3.05) is 13.7 Å². The molecule has 0 spiro atoms. The number of aryl methyl sites for hydroxylation is 2. The van der Waals surface area contributed by atoms with Crippen molar-refractivity contribution in [3.05, 3.63) is 75.2 Å².